The number of nitrogens with one attached hydrogen (secondary N) is 1. The molecule has 2 aromatic rings. The topological polar surface area (TPSA) is 59.9 Å². The fourth-order valence-electron chi connectivity index (χ4n) is 1.54. The molecular weight excluding hydrogens is 264 g/mol. The number of hydrogen-bond acceptors (Lipinski definition) is 5. The Morgan fingerprint density at radius 3 is 2.74 bits per heavy atom. The van der Waals surface area contributed by atoms with Crippen molar-refractivity contribution >= 4 is 17.5 Å². The number of ether oxygens (including phenoxy) is 1. The summed E-state index contributed by atoms with van der Waals surface area (Å²) in [4.78, 5) is 12.8. The summed E-state index contributed by atoms with van der Waals surface area (Å²) in [5.74, 6) is 1.04. The SMILES string of the molecule is CCNc1nc(OCC)nc(-c2cccc(Cl)c2)n1. The molecule has 1 heterocycles. The Balaban J connectivity index is 2.43. The van der Waals surface area contributed by atoms with E-state index in [-0.39, 0.29) is 0 Å². The van der Waals surface area contributed by atoms with Crippen LogP contribution in [0.25, 0.3) is 11.4 Å². The Morgan fingerprint density at radius 1 is 1.21 bits per heavy atom. The van der Waals surface area contributed by atoms with E-state index in [2.05, 4.69) is 20.3 Å². The molecule has 1 aromatic carbocycles. The van der Waals surface area contributed by atoms with Gasteiger partial charge in [-0.3, -0.25) is 0 Å². The largest absolute Gasteiger partial charge is 0.464 e. The lowest BCUT2D eigenvalue weighted by Gasteiger charge is -2.08. The summed E-state index contributed by atoms with van der Waals surface area (Å²) in [6.07, 6.45) is 0. The standard InChI is InChI=1S/C13H15ClN4O/c1-3-15-12-16-11(17-13(18-12)19-4-2)9-6-5-7-10(14)8-9/h5-8H,3-4H2,1-2H3,(H,15,16,17,18). The van der Waals surface area contributed by atoms with E-state index in [9.17, 15) is 0 Å². The maximum absolute atomic E-state index is 5.98. The van der Waals surface area contributed by atoms with Gasteiger partial charge in [0, 0.05) is 17.1 Å². The molecule has 2 rings (SSSR count). The highest BCUT2D eigenvalue weighted by Crippen LogP contribution is 2.21. The average Bonchev–Trinajstić information content (AvgIpc) is 2.39. The van der Waals surface area contributed by atoms with Crippen LogP contribution in [-0.2, 0) is 0 Å². The van der Waals surface area contributed by atoms with Crippen molar-refractivity contribution < 1.29 is 4.74 Å². The highest BCUT2D eigenvalue weighted by molar-refractivity contribution is 6.30. The Labute approximate surface area is 117 Å². The van der Waals surface area contributed by atoms with E-state index >= 15 is 0 Å². The first-order valence-corrected chi connectivity index (χ1v) is 6.49. The second kappa shape index (κ2) is 6.33. The lowest BCUT2D eigenvalue weighted by Crippen LogP contribution is -2.07. The molecule has 0 saturated carbocycles. The normalized spacial score (nSPS) is 10.3. The van der Waals surface area contributed by atoms with Crippen LogP contribution in [0.1, 0.15) is 13.8 Å². The summed E-state index contributed by atoms with van der Waals surface area (Å²) < 4.78 is 5.35. The zero-order valence-corrected chi connectivity index (χ0v) is 11.6. The molecule has 0 aliphatic heterocycles. The van der Waals surface area contributed by atoms with Crippen LogP contribution in [0.5, 0.6) is 6.01 Å². The molecule has 1 N–H and O–H groups in total. The van der Waals surface area contributed by atoms with Crippen molar-refractivity contribution in [2.45, 2.75) is 13.8 Å². The number of hydrogen-bond donors (Lipinski definition) is 1. The highest BCUT2D eigenvalue weighted by Gasteiger charge is 2.09. The number of anilines is 1. The maximum atomic E-state index is 5.98. The van der Waals surface area contributed by atoms with Crippen LogP contribution < -0.4 is 10.1 Å². The number of rotatable bonds is 5. The van der Waals surface area contributed by atoms with E-state index in [0.29, 0.717) is 29.4 Å². The van der Waals surface area contributed by atoms with E-state index in [1.54, 1.807) is 6.07 Å². The number of halogens is 1. The van der Waals surface area contributed by atoms with Gasteiger partial charge >= 0.3 is 6.01 Å². The summed E-state index contributed by atoms with van der Waals surface area (Å²) in [6.45, 7) is 5.09. The van der Waals surface area contributed by atoms with Gasteiger partial charge in [0.15, 0.2) is 5.82 Å². The van der Waals surface area contributed by atoms with Crippen LogP contribution in [0.15, 0.2) is 24.3 Å². The smallest absolute Gasteiger partial charge is 0.321 e. The van der Waals surface area contributed by atoms with E-state index in [0.717, 1.165) is 12.1 Å². The minimum absolute atomic E-state index is 0.309. The van der Waals surface area contributed by atoms with Gasteiger partial charge in [-0.25, -0.2) is 0 Å². The van der Waals surface area contributed by atoms with E-state index in [1.165, 1.54) is 0 Å². The van der Waals surface area contributed by atoms with Crippen LogP contribution in [0.3, 0.4) is 0 Å². The summed E-state index contributed by atoms with van der Waals surface area (Å²) >= 11 is 5.98. The van der Waals surface area contributed by atoms with Gasteiger partial charge in [-0.05, 0) is 26.0 Å². The van der Waals surface area contributed by atoms with Gasteiger partial charge in [-0.2, -0.15) is 15.0 Å². The lowest BCUT2D eigenvalue weighted by molar-refractivity contribution is 0.312. The third kappa shape index (κ3) is 3.54. The van der Waals surface area contributed by atoms with Crippen LogP contribution in [-0.4, -0.2) is 28.1 Å². The molecular formula is C13H15ClN4O. The molecule has 0 aliphatic carbocycles. The van der Waals surface area contributed by atoms with Gasteiger partial charge in [-0.1, -0.05) is 23.7 Å². The molecule has 0 atom stereocenters. The predicted molar refractivity (Wildman–Crippen MR) is 75.6 cm³/mol. The first-order chi connectivity index (χ1) is 9.22. The van der Waals surface area contributed by atoms with Gasteiger partial charge in [0.1, 0.15) is 0 Å². The molecule has 100 valence electrons. The van der Waals surface area contributed by atoms with Gasteiger partial charge in [0.05, 0.1) is 6.61 Å². The molecule has 6 heteroatoms. The molecule has 0 unspecified atom stereocenters. The maximum Gasteiger partial charge on any atom is 0.321 e. The van der Waals surface area contributed by atoms with Crippen molar-refractivity contribution in [2.24, 2.45) is 0 Å². The second-order valence-corrected chi connectivity index (χ2v) is 4.18. The molecule has 0 saturated heterocycles. The Morgan fingerprint density at radius 2 is 2.05 bits per heavy atom. The average molecular weight is 279 g/mol. The molecule has 0 spiro atoms. The predicted octanol–water partition coefficient (Wildman–Crippen LogP) is 3.02. The zero-order valence-electron chi connectivity index (χ0n) is 10.9. The lowest BCUT2D eigenvalue weighted by atomic mass is 10.2. The first-order valence-electron chi connectivity index (χ1n) is 6.11. The minimum Gasteiger partial charge on any atom is -0.464 e. The molecule has 0 bridgehead atoms. The monoisotopic (exact) mass is 278 g/mol. The van der Waals surface area contributed by atoms with Gasteiger partial charge in [0.2, 0.25) is 5.95 Å². The first kappa shape index (κ1) is 13.5. The highest BCUT2D eigenvalue weighted by atomic mass is 35.5. The fourth-order valence-corrected chi connectivity index (χ4v) is 1.73. The van der Waals surface area contributed by atoms with Crippen molar-refractivity contribution in [1.29, 1.82) is 0 Å². The van der Waals surface area contributed by atoms with Crippen molar-refractivity contribution in [1.82, 2.24) is 15.0 Å². The number of aromatic nitrogens is 3. The Bertz CT molecular complexity index is 538. The van der Waals surface area contributed by atoms with Gasteiger partial charge < -0.3 is 10.1 Å². The zero-order chi connectivity index (χ0) is 13.7. The van der Waals surface area contributed by atoms with Crippen LogP contribution in [0, 0.1) is 0 Å². The summed E-state index contributed by atoms with van der Waals surface area (Å²) in [5, 5.41) is 3.70. The molecule has 19 heavy (non-hydrogen) atoms. The van der Waals surface area contributed by atoms with Gasteiger partial charge in [-0.15, -0.1) is 0 Å². The second-order valence-electron chi connectivity index (χ2n) is 3.74. The summed E-state index contributed by atoms with van der Waals surface area (Å²) in [7, 11) is 0. The molecule has 0 amide bonds. The van der Waals surface area contributed by atoms with Crippen molar-refractivity contribution in [3.05, 3.63) is 29.3 Å². The summed E-state index contributed by atoms with van der Waals surface area (Å²) in [5.41, 5.74) is 0.829. The number of benzene rings is 1. The quantitative estimate of drug-likeness (QED) is 0.911. The van der Waals surface area contributed by atoms with Crippen molar-refractivity contribution in [3.63, 3.8) is 0 Å². The van der Waals surface area contributed by atoms with Crippen molar-refractivity contribution in [3.8, 4) is 17.4 Å². The molecule has 0 aliphatic rings. The van der Waals surface area contributed by atoms with Gasteiger partial charge in [0.25, 0.3) is 0 Å². The molecule has 0 fully saturated rings. The van der Waals surface area contributed by atoms with Crippen LogP contribution in [0.4, 0.5) is 5.95 Å². The Hall–Kier alpha value is -1.88. The Kier molecular flexibility index (Phi) is 4.52. The molecule has 5 nitrogen and oxygen atoms in total. The molecule has 0 radical (unpaired) electrons. The third-order valence-corrected chi connectivity index (χ3v) is 2.54. The third-order valence-electron chi connectivity index (χ3n) is 2.31. The van der Waals surface area contributed by atoms with E-state index < -0.39 is 0 Å². The van der Waals surface area contributed by atoms with Crippen LogP contribution in [0.2, 0.25) is 5.02 Å². The van der Waals surface area contributed by atoms with E-state index in [1.807, 2.05) is 32.0 Å². The molecule has 1 aromatic heterocycles. The summed E-state index contributed by atoms with van der Waals surface area (Å²) in [6, 6.07) is 7.67. The van der Waals surface area contributed by atoms with Crippen LogP contribution >= 0.6 is 11.6 Å². The van der Waals surface area contributed by atoms with Crippen molar-refractivity contribution in [2.75, 3.05) is 18.5 Å². The minimum atomic E-state index is 0.309. The van der Waals surface area contributed by atoms with E-state index in [4.69, 9.17) is 16.3 Å². The number of nitrogens with zero attached hydrogens (tertiary/aromatic N) is 3. The fraction of sp³-hybridized carbons (Fsp3) is 0.308.